The van der Waals surface area contributed by atoms with Crippen LogP contribution in [0.4, 0.5) is 0 Å². The second-order valence-corrected chi connectivity index (χ2v) is 9.96. The molecule has 0 unspecified atom stereocenters. The highest BCUT2D eigenvalue weighted by atomic mass is 35.5. The number of rotatable bonds is 13. The number of ketones is 1. The van der Waals surface area contributed by atoms with Crippen LogP contribution in [0.2, 0.25) is 10.0 Å². The number of aromatic nitrogens is 1. The number of nitrogens with zero attached hydrogens (tertiary/aromatic N) is 1. The predicted molar refractivity (Wildman–Crippen MR) is 153 cm³/mol. The molecule has 10 heteroatoms. The Kier molecular flexibility index (Phi) is 11.0. The number of carbonyl (C=O) groups is 2. The Balaban J connectivity index is 1.93. The van der Waals surface area contributed by atoms with Crippen LogP contribution in [-0.2, 0) is 9.53 Å². The first kappa shape index (κ1) is 31.0. The van der Waals surface area contributed by atoms with Crippen LogP contribution in [0, 0.1) is 5.92 Å². The Morgan fingerprint density at radius 3 is 1.95 bits per heavy atom. The van der Waals surface area contributed by atoms with Gasteiger partial charge < -0.3 is 24.1 Å². The maximum atomic E-state index is 13.2. The molecule has 0 aliphatic carbocycles. The van der Waals surface area contributed by atoms with Crippen molar-refractivity contribution in [1.82, 2.24) is 4.98 Å². The van der Waals surface area contributed by atoms with Crippen LogP contribution in [0.3, 0.4) is 0 Å². The maximum Gasteiger partial charge on any atom is 0.309 e. The zero-order valence-electron chi connectivity index (χ0n) is 23.1. The maximum absolute atomic E-state index is 13.2. The van der Waals surface area contributed by atoms with Crippen molar-refractivity contribution >= 4 is 35.0 Å². The highest BCUT2D eigenvalue weighted by Gasteiger charge is 2.32. The predicted octanol–water partition coefficient (Wildman–Crippen LogP) is 6.87. The molecule has 0 radical (unpaired) electrons. The van der Waals surface area contributed by atoms with Crippen LogP contribution < -0.4 is 14.2 Å². The third kappa shape index (κ3) is 7.37. The molecule has 1 N–H and O–H groups in total. The van der Waals surface area contributed by atoms with Crippen molar-refractivity contribution in [2.24, 2.45) is 5.92 Å². The lowest BCUT2D eigenvalue weighted by molar-refractivity contribution is -0.153. The lowest BCUT2D eigenvalue weighted by atomic mass is 9.85. The van der Waals surface area contributed by atoms with Crippen LogP contribution in [0.5, 0.6) is 23.0 Å². The average molecular weight is 591 g/mol. The molecule has 2 aromatic carbocycles. The van der Waals surface area contributed by atoms with Gasteiger partial charge in [0.05, 0.1) is 32.2 Å². The van der Waals surface area contributed by atoms with Gasteiger partial charge >= 0.3 is 5.97 Å². The summed E-state index contributed by atoms with van der Waals surface area (Å²) in [6, 6.07) is 12.0. The number of ether oxygens (including phenoxy) is 4. The fourth-order valence-electron chi connectivity index (χ4n) is 4.40. The Morgan fingerprint density at radius 1 is 0.900 bits per heavy atom. The summed E-state index contributed by atoms with van der Waals surface area (Å²) in [5, 5.41) is 11.3. The van der Waals surface area contributed by atoms with Gasteiger partial charge in [0.2, 0.25) is 0 Å². The van der Waals surface area contributed by atoms with Crippen molar-refractivity contribution in [3.05, 3.63) is 75.5 Å². The summed E-state index contributed by atoms with van der Waals surface area (Å²) in [6.45, 7) is 7.88. The van der Waals surface area contributed by atoms with Crippen molar-refractivity contribution in [1.29, 1.82) is 0 Å². The molecule has 0 saturated carbocycles. The van der Waals surface area contributed by atoms with E-state index in [9.17, 15) is 14.7 Å². The van der Waals surface area contributed by atoms with Crippen molar-refractivity contribution in [2.45, 2.75) is 46.1 Å². The second-order valence-electron chi connectivity index (χ2n) is 9.09. The van der Waals surface area contributed by atoms with E-state index in [1.54, 1.807) is 38.1 Å². The van der Waals surface area contributed by atoms with Crippen LogP contribution in [0.15, 0.2) is 48.7 Å². The van der Waals surface area contributed by atoms with Gasteiger partial charge in [0.25, 0.3) is 0 Å². The third-order valence-electron chi connectivity index (χ3n) is 6.26. The fourth-order valence-corrected chi connectivity index (χ4v) is 4.72. The standard InChI is InChI=1S/C30H33Cl2NO7/c1-6-38-25-15-19(31)8-10-21(25)27(22-11-9-20(32)16-26(22)39-7-2)18(4)40-30(36)17(3)14-23(34)28-29(35)24(37-5)12-13-33-28/h8-13,15-18,27,35H,6-7,14H2,1-5H3/t17-,18+/m1/s1. The summed E-state index contributed by atoms with van der Waals surface area (Å²) in [6.07, 6.45) is 0.417. The van der Waals surface area contributed by atoms with Crippen molar-refractivity contribution in [3.8, 4) is 23.0 Å². The number of esters is 1. The van der Waals surface area contributed by atoms with E-state index >= 15 is 0 Å². The number of Topliss-reactive ketones (excluding diaryl/α,β-unsaturated/α-hetero) is 1. The first-order chi connectivity index (χ1) is 19.1. The van der Waals surface area contributed by atoms with Crippen LogP contribution in [0.25, 0.3) is 0 Å². The van der Waals surface area contributed by atoms with E-state index in [0.29, 0.717) is 34.8 Å². The smallest absolute Gasteiger partial charge is 0.309 e. The molecule has 40 heavy (non-hydrogen) atoms. The Morgan fingerprint density at radius 2 is 1.45 bits per heavy atom. The molecule has 0 aliphatic rings. The number of carbonyl (C=O) groups excluding carboxylic acids is 2. The van der Waals surface area contributed by atoms with Crippen LogP contribution in [-0.4, -0.2) is 48.3 Å². The molecule has 3 rings (SSSR count). The number of hydrogen-bond donors (Lipinski definition) is 1. The SMILES string of the molecule is CCOc1cc(Cl)ccc1C(c1ccc(Cl)cc1OCC)[C@H](C)OC(=O)[C@H](C)CC(=O)c1nccc(OC)c1O. The molecule has 3 aromatic rings. The molecule has 214 valence electrons. The van der Waals surface area contributed by atoms with Gasteiger partial charge in [-0.05, 0) is 45.0 Å². The molecular formula is C30H33Cl2NO7. The van der Waals surface area contributed by atoms with Gasteiger partial charge in [0, 0.05) is 39.9 Å². The average Bonchev–Trinajstić information content (AvgIpc) is 2.91. The highest BCUT2D eigenvalue weighted by molar-refractivity contribution is 6.31. The summed E-state index contributed by atoms with van der Waals surface area (Å²) in [4.78, 5) is 30.1. The largest absolute Gasteiger partial charge is 0.503 e. The van der Waals surface area contributed by atoms with E-state index in [2.05, 4.69) is 4.98 Å². The minimum Gasteiger partial charge on any atom is -0.503 e. The summed E-state index contributed by atoms with van der Waals surface area (Å²) in [7, 11) is 1.37. The molecule has 1 aromatic heterocycles. The molecule has 8 nitrogen and oxygen atoms in total. The number of halogens is 2. The Hall–Kier alpha value is -3.49. The first-order valence-corrected chi connectivity index (χ1v) is 13.7. The highest BCUT2D eigenvalue weighted by Crippen LogP contribution is 2.42. The molecule has 1 heterocycles. The van der Waals surface area contributed by atoms with Gasteiger partial charge in [-0.25, -0.2) is 4.98 Å². The molecule has 0 bridgehead atoms. The zero-order valence-corrected chi connectivity index (χ0v) is 24.6. The van der Waals surface area contributed by atoms with Gasteiger partial charge in [-0.3, -0.25) is 9.59 Å². The number of hydrogen-bond acceptors (Lipinski definition) is 8. The molecule has 0 saturated heterocycles. The van der Waals surface area contributed by atoms with Crippen molar-refractivity contribution < 1.29 is 33.6 Å². The van der Waals surface area contributed by atoms with Crippen molar-refractivity contribution in [2.75, 3.05) is 20.3 Å². The molecular weight excluding hydrogens is 557 g/mol. The van der Waals surface area contributed by atoms with Gasteiger partial charge in [-0.15, -0.1) is 0 Å². The molecule has 0 amide bonds. The lowest BCUT2D eigenvalue weighted by Gasteiger charge is -2.29. The van der Waals surface area contributed by atoms with E-state index in [1.807, 2.05) is 26.0 Å². The number of benzene rings is 2. The normalized spacial score (nSPS) is 12.5. The number of pyridine rings is 1. The van der Waals surface area contributed by atoms with E-state index in [4.69, 9.17) is 42.1 Å². The van der Waals surface area contributed by atoms with Crippen molar-refractivity contribution in [3.63, 3.8) is 0 Å². The van der Waals surface area contributed by atoms with E-state index < -0.39 is 29.7 Å². The van der Waals surface area contributed by atoms with Crippen LogP contribution >= 0.6 is 23.2 Å². The van der Waals surface area contributed by atoms with Gasteiger partial charge in [-0.1, -0.05) is 42.3 Å². The minimum absolute atomic E-state index is 0.117. The summed E-state index contributed by atoms with van der Waals surface area (Å²) in [5.74, 6) is -1.62. The summed E-state index contributed by atoms with van der Waals surface area (Å²) < 4.78 is 22.8. The molecule has 2 atom stereocenters. The quantitative estimate of drug-likeness (QED) is 0.170. The Labute approximate surface area is 244 Å². The van der Waals surface area contributed by atoms with E-state index in [-0.39, 0.29) is 23.6 Å². The van der Waals surface area contributed by atoms with Gasteiger partial charge in [-0.2, -0.15) is 0 Å². The monoisotopic (exact) mass is 589 g/mol. The lowest BCUT2D eigenvalue weighted by Crippen LogP contribution is -2.28. The zero-order chi connectivity index (χ0) is 29.4. The summed E-state index contributed by atoms with van der Waals surface area (Å²) in [5.41, 5.74) is 1.31. The second kappa shape index (κ2) is 14.2. The van der Waals surface area contributed by atoms with E-state index in [0.717, 1.165) is 11.1 Å². The first-order valence-electron chi connectivity index (χ1n) is 12.9. The number of aromatic hydroxyl groups is 1. The molecule has 0 aliphatic heterocycles. The molecule has 0 spiro atoms. The fraction of sp³-hybridized carbons (Fsp3) is 0.367. The van der Waals surface area contributed by atoms with Crippen LogP contribution in [0.1, 0.15) is 61.6 Å². The van der Waals surface area contributed by atoms with E-state index in [1.165, 1.54) is 19.4 Å². The summed E-state index contributed by atoms with van der Waals surface area (Å²) >= 11 is 12.5. The minimum atomic E-state index is -0.823. The topological polar surface area (TPSA) is 104 Å². The molecule has 0 fully saturated rings. The Bertz CT molecular complexity index is 1290. The van der Waals surface area contributed by atoms with Gasteiger partial charge in [0.1, 0.15) is 17.6 Å². The number of methoxy groups -OCH3 is 1. The van der Waals surface area contributed by atoms with Gasteiger partial charge in [0.15, 0.2) is 23.0 Å². The third-order valence-corrected chi connectivity index (χ3v) is 6.73.